The van der Waals surface area contributed by atoms with Crippen molar-refractivity contribution in [1.82, 2.24) is 9.55 Å². The smallest absolute Gasteiger partial charge is 0.328 e. The standard InChI is InChI=1S/C25H20N4O4/c1-16-14-19(33-18-8-6-17(15-26)7-9-18)10-11-21(16)27-23(30)12-13-29-22-5-3-2-4-20(22)24(31)28-25(29)32/h2-11,14H,12-13H2,1H3,(H,27,30)(H,28,31,32). The molecule has 0 aliphatic carbocycles. The van der Waals surface area contributed by atoms with Crippen molar-refractivity contribution in [1.29, 1.82) is 5.26 Å². The second-order valence-electron chi connectivity index (χ2n) is 7.44. The highest BCUT2D eigenvalue weighted by Gasteiger charge is 2.11. The fourth-order valence-corrected chi connectivity index (χ4v) is 3.46. The molecule has 8 heteroatoms. The molecule has 4 rings (SSSR count). The quantitative estimate of drug-likeness (QED) is 0.474. The van der Waals surface area contributed by atoms with Crippen LogP contribution in [0.1, 0.15) is 17.5 Å². The van der Waals surface area contributed by atoms with Crippen LogP contribution in [0.3, 0.4) is 0 Å². The van der Waals surface area contributed by atoms with Crippen LogP contribution in [0.4, 0.5) is 5.69 Å². The van der Waals surface area contributed by atoms with Crippen LogP contribution in [0, 0.1) is 18.3 Å². The van der Waals surface area contributed by atoms with Crippen LogP contribution in [-0.4, -0.2) is 15.5 Å². The number of H-pyrrole nitrogens is 1. The minimum absolute atomic E-state index is 0.0544. The van der Waals surface area contributed by atoms with Gasteiger partial charge in [0.05, 0.1) is 22.5 Å². The third kappa shape index (κ3) is 4.83. The highest BCUT2D eigenvalue weighted by Crippen LogP contribution is 2.26. The Morgan fingerprint density at radius 2 is 1.79 bits per heavy atom. The van der Waals surface area contributed by atoms with E-state index in [4.69, 9.17) is 10.00 Å². The van der Waals surface area contributed by atoms with Gasteiger partial charge in [0.25, 0.3) is 5.56 Å². The number of aromatic amines is 1. The zero-order valence-corrected chi connectivity index (χ0v) is 17.8. The van der Waals surface area contributed by atoms with Crippen molar-refractivity contribution in [2.45, 2.75) is 19.9 Å². The number of hydrogen-bond donors (Lipinski definition) is 2. The third-order valence-electron chi connectivity index (χ3n) is 5.16. The first kappa shape index (κ1) is 21.6. The Kier molecular flexibility index (Phi) is 6.04. The van der Waals surface area contributed by atoms with Gasteiger partial charge in [-0.3, -0.25) is 19.1 Å². The number of nitrogens with one attached hydrogen (secondary N) is 2. The lowest BCUT2D eigenvalue weighted by molar-refractivity contribution is -0.116. The van der Waals surface area contributed by atoms with Gasteiger partial charge in [-0.1, -0.05) is 12.1 Å². The number of aryl methyl sites for hydroxylation is 2. The van der Waals surface area contributed by atoms with Crippen molar-refractivity contribution in [3.8, 4) is 17.6 Å². The van der Waals surface area contributed by atoms with E-state index in [0.29, 0.717) is 33.7 Å². The number of rotatable bonds is 6. The average molecular weight is 440 g/mol. The van der Waals surface area contributed by atoms with Crippen LogP contribution in [0.5, 0.6) is 11.5 Å². The molecule has 0 saturated heterocycles. The molecule has 8 nitrogen and oxygen atoms in total. The van der Waals surface area contributed by atoms with Gasteiger partial charge in [-0.2, -0.15) is 5.26 Å². The highest BCUT2D eigenvalue weighted by atomic mass is 16.5. The van der Waals surface area contributed by atoms with Crippen LogP contribution in [-0.2, 0) is 11.3 Å². The zero-order valence-electron chi connectivity index (χ0n) is 17.8. The van der Waals surface area contributed by atoms with Gasteiger partial charge in [0, 0.05) is 18.7 Å². The van der Waals surface area contributed by atoms with E-state index >= 15 is 0 Å². The Balaban J connectivity index is 1.43. The van der Waals surface area contributed by atoms with E-state index in [9.17, 15) is 14.4 Å². The summed E-state index contributed by atoms with van der Waals surface area (Å²) in [6, 6.07) is 20.9. The minimum atomic E-state index is -0.549. The first-order valence-electron chi connectivity index (χ1n) is 10.2. The topological polar surface area (TPSA) is 117 Å². The largest absolute Gasteiger partial charge is 0.457 e. The molecule has 0 radical (unpaired) electrons. The number of carbonyl (C=O) groups excluding carboxylic acids is 1. The Morgan fingerprint density at radius 1 is 1.06 bits per heavy atom. The summed E-state index contributed by atoms with van der Waals surface area (Å²) in [5.74, 6) is 0.936. The van der Waals surface area contributed by atoms with Crippen molar-refractivity contribution in [2.24, 2.45) is 0 Å². The number of nitriles is 1. The number of benzene rings is 3. The van der Waals surface area contributed by atoms with Gasteiger partial charge in [0.15, 0.2) is 0 Å². The molecule has 0 spiro atoms. The second-order valence-corrected chi connectivity index (χ2v) is 7.44. The van der Waals surface area contributed by atoms with Gasteiger partial charge >= 0.3 is 5.69 Å². The molecule has 0 aliphatic rings. The number of nitrogens with zero attached hydrogens (tertiary/aromatic N) is 2. The van der Waals surface area contributed by atoms with Gasteiger partial charge in [-0.25, -0.2) is 4.79 Å². The normalized spacial score (nSPS) is 10.5. The molecule has 1 amide bonds. The molecular weight excluding hydrogens is 420 g/mol. The lowest BCUT2D eigenvalue weighted by atomic mass is 10.2. The summed E-state index contributed by atoms with van der Waals surface area (Å²) < 4.78 is 7.19. The fraction of sp³-hybridized carbons (Fsp3) is 0.120. The molecule has 0 bridgehead atoms. The number of anilines is 1. The van der Waals surface area contributed by atoms with Crippen LogP contribution < -0.4 is 21.3 Å². The SMILES string of the molecule is Cc1cc(Oc2ccc(C#N)cc2)ccc1NC(=O)CCn1c(=O)[nH]c(=O)c2ccccc21. The number of aromatic nitrogens is 2. The number of hydrogen-bond acceptors (Lipinski definition) is 5. The molecule has 164 valence electrons. The molecule has 0 unspecified atom stereocenters. The van der Waals surface area contributed by atoms with Gasteiger partial charge in [0.1, 0.15) is 11.5 Å². The number of ether oxygens (including phenoxy) is 1. The van der Waals surface area contributed by atoms with Crippen LogP contribution in [0.25, 0.3) is 10.9 Å². The minimum Gasteiger partial charge on any atom is -0.457 e. The molecule has 2 N–H and O–H groups in total. The number of amides is 1. The monoisotopic (exact) mass is 440 g/mol. The molecular formula is C25H20N4O4. The van der Waals surface area contributed by atoms with Gasteiger partial charge < -0.3 is 10.1 Å². The van der Waals surface area contributed by atoms with Crippen LogP contribution in [0.2, 0.25) is 0 Å². The summed E-state index contributed by atoms with van der Waals surface area (Å²) in [6.45, 7) is 1.97. The lowest BCUT2D eigenvalue weighted by Gasteiger charge is -2.12. The number of carbonyl (C=O) groups is 1. The number of para-hydroxylation sites is 1. The van der Waals surface area contributed by atoms with Gasteiger partial charge in [0.2, 0.25) is 5.91 Å². The summed E-state index contributed by atoms with van der Waals surface area (Å²) >= 11 is 0. The molecule has 0 fully saturated rings. The Bertz CT molecular complexity index is 1490. The summed E-state index contributed by atoms with van der Waals surface area (Å²) in [5.41, 5.74) is 1.47. The third-order valence-corrected chi connectivity index (χ3v) is 5.16. The summed E-state index contributed by atoms with van der Waals surface area (Å²) in [4.78, 5) is 39.0. The van der Waals surface area contributed by atoms with E-state index < -0.39 is 11.2 Å². The molecule has 0 aliphatic heterocycles. The Hall–Kier alpha value is -4.64. The first-order chi connectivity index (χ1) is 15.9. The highest BCUT2D eigenvalue weighted by molar-refractivity contribution is 5.91. The van der Waals surface area contributed by atoms with E-state index in [-0.39, 0.29) is 18.9 Å². The van der Waals surface area contributed by atoms with Crippen LogP contribution >= 0.6 is 0 Å². The van der Waals surface area contributed by atoms with Gasteiger partial charge in [-0.05, 0) is 67.1 Å². The molecule has 3 aromatic carbocycles. The molecule has 1 aromatic heterocycles. The van der Waals surface area contributed by atoms with E-state index in [2.05, 4.69) is 16.4 Å². The maximum atomic E-state index is 12.5. The average Bonchev–Trinajstić information content (AvgIpc) is 2.81. The molecule has 1 heterocycles. The van der Waals surface area contributed by atoms with E-state index in [1.54, 1.807) is 66.7 Å². The Morgan fingerprint density at radius 3 is 2.52 bits per heavy atom. The van der Waals surface area contributed by atoms with Gasteiger partial charge in [-0.15, -0.1) is 0 Å². The maximum Gasteiger partial charge on any atom is 0.328 e. The second kappa shape index (κ2) is 9.24. The zero-order chi connectivity index (χ0) is 23.4. The summed E-state index contributed by atoms with van der Waals surface area (Å²) in [6.07, 6.45) is 0.0544. The summed E-state index contributed by atoms with van der Waals surface area (Å²) in [7, 11) is 0. The van der Waals surface area contributed by atoms with Crippen molar-refractivity contribution >= 4 is 22.5 Å². The first-order valence-corrected chi connectivity index (χ1v) is 10.2. The van der Waals surface area contributed by atoms with E-state index in [1.807, 2.05) is 6.92 Å². The predicted molar refractivity (Wildman–Crippen MR) is 124 cm³/mol. The van der Waals surface area contributed by atoms with E-state index in [1.165, 1.54) is 4.57 Å². The maximum absolute atomic E-state index is 12.5. The van der Waals surface area contributed by atoms with Crippen molar-refractivity contribution in [3.63, 3.8) is 0 Å². The number of fused-ring (bicyclic) bond motifs is 1. The molecule has 33 heavy (non-hydrogen) atoms. The lowest BCUT2D eigenvalue weighted by Crippen LogP contribution is -2.31. The van der Waals surface area contributed by atoms with Crippen molar-refractivity contribution in [3.05, 3.63) is 98.7 Å². The fourth-order valence-electron chi connectivity index (χ4n) is 3.46. The van der Waals surface area contributed by atoms with Crippen molar-refractivity contribution in [2.75, 3.05) is 5.32 Å². The molecule has 4 aromatic rings. The predicted octanol–water partition coefficient (Wildman–Crippen LogP) is 3.69. The Labute approximate surface area is 188 Å². The summed E-state index contributed by atoms with van der Waals surface area (Å²) in [5, 5.41) is 12.1. The van der Waals surface area contributed by atoms with Crippen LogP contribution in [0.15, 0.2) is 76.3 Å². The van der Waals surface area contributed by atoms with E-state index in [0.717, 1.165) is 5.56 Å². The van der Waals surface area contributed by atoms with Crippen molar-refractivity contribution < 1.29 is 9.53 Å². The molecule has 0 atom stereocenters. The molecule has 0 saturated carbocycles.